The van der Waals surface area contributed by atoms with Crippen LogP contribution >= 0.6 is 0 Å². The summed E-state index contributed by atoms with van der Waals surface area (Å²) < 4.78 is 50.6. The number of hydrogen-bond donors (Lipinski definition) is 0. The molecule has 0 aliphatic carbocycles. The highest BCUT2D eigenvalue weighted by Gasteiger charge is 2.22. The lowest BCUT2D eigenvalue weighted by Gasteiger charge is -2.12. The smallest absolute Gasteiger partial charge is 0.428 e. The van der Waals surface area contributed by atoms with Crippen LogP contribution in [0.15, 0.2) is 146 Å². The van der Waals surface area contributed by atoms with E-state index in [4.69, 9.17) is 33.2 Å². The second kappa shape index (κ2) is 22.8. The second-order valence-electron chi connectivity index (χ2n) is 14.1. The van der Waals surface area contributed by atoms with Crippen LogP contribution in [-0.2, 0) is 33.4 Å². The fourth-order valence-electron chi connectivity index (χ4n) is 4.77. The van der Waals surface area contributed by atoms with Gasteiger partial charge in [-0.15, -0.1) is 0 Å². The molecule has 4 rings (SSSR count). The number of esters is 6. The van der Waals surface area contributed by atoms with E-state index in [0.717, 1.165) is 6.07 Å². The van der Waals surface area contributed by atoms with E-state index in [1.807, 2.05) is 0 Å². The molecule has 0 aromatic heterocycles. The lowest BCUT2D eigenvalue weighted by molar-refractivity contribution is -0.134. The van der Waals surface area contributed by atoms with Crippen LogP contribution in [0.1, 0.15) is 72.8 Å². The van der Waals surface area contributed by atoms with E-state index in [1.54, 1.807) is 12.1 Å². The van der Waals surface area contributed by atoms with Crippen molar-refractivity contribution < 1.29 is 71.1 Å². The van der Waals surface area contributed by atoms with Crippen LogP contribution in [0.3, 0.4) is 0 Å². The van der Waals surface area contributed by atoms with Gasteiger partial charge < -0.3 is 33.2 Å². The van der Waals surface area contributed by atoms with Gasteiger partial charge in [-0.1, -0.05) is 68.7 Å². The van der Waals surface area contributed by atoms with Gasteiger partial charge in [0.1, 0.15) is 28.6 Å². The molecular formula is C52H39FO14. The van der Waals surface area contributed by atoms with E-state index in [1.165, 1.54) is 101 Å². The normalized spacial score (nSPS) is 10.2. The summed E-state index contributed by atoms with van der Waals surface area (Å²) in [5.41, 5.74) is 0.703. The number of ether oxygens (including phenoxy) is 7. The minimum atomic E-state index is -1.52. The number of hydrogen-bond acceptors (Lipinski definition) is 14. The van der Waals surface area contributed by atoms with E-state index in [-0.39, 0.29) is 67.6 Å². The molecule has 0 aliphatic heterocycles. The van der Waals surface area contributed by atoms with Gasteiger partial charge >= 0.3 is 42.0 Å². The third-order valence-electron chi connectivity index (χ3n) is 8.13. The van der Waals surface area contributed by atoms with Crippen LogP contribution in [0.4, 0.5) is 9.18 Å². The van der Waals surface area contributed by atoms with E-state index < -0.39 is 59.3 Å². The molecule has 338 valence electrons. The van der Waals surface area contributed by atoms with E-state index in [0.29, 0.717) is 11.1 Å². The van der Waals surface area contributed by atoms with E-state index >= 15 is 0 Å². The van der Waals surface area contributed by atoms with Crippen LogP contribution < -0.4 is 23.7 Å². The molecular weight excluding hydrogens is 868 g/mol. The van der Waals surface area contributed by atoms with Crippen molar-refractivity contribution in [1.82, 2.24) is 0 Å². The molecule has 0 bridgehead atoms. The minimum Gasteiger partial charge on any atom is -0.428 e. The molecule has 0 amide bonds. The fraction of sp³-hybridized carbons (Fsp3) is 0.0962. The molecule has 4 aromatic rings. The summed E-state index contributed by atoms with van der Waals surface area (Å²) in [7, 11) is 0. The number of carbonyl (C=O) groups excluding carboxylic acids is 7. The fourth-order valence-corrected chi connectivity index (χ4v) is 4.77. The van der Waals surface area contributed by atoms with Crippen LogP contribution in [0, 0.1) is 23.7 Å². The molecule has 0 saturated heterocycles. The highest BCUT2D eigenvalue weighted by Crippen LogP contribution is 2.32. The molecule has 14 nitrogen and oxygen atoms in total. The van der Waals surface area contributed by atoms with Crippen LogP contribution in [0.2, 0.25) is 0 Å². The Hall–Kier alpha value is -9.34. The van der Waals surface area contributed by atoms with Crippen molar-refractivity contribution in [2.75, 3.05) is 0 Å². The number of allylic oxidation sites excluding steroid dienone is 1. The first-order valence-electron chi connectivity index (χ1n) is 19.4. The Morgan fingerprint density at radius 2 is 0.985 bits per heavy atom. The first kappa shape index (κ1) is 50.3. The number of benzene rings is 4. The summed E-state index contributed by atoms with van der Waals surface area (Å²) in [5, 5.41) is 0. The minimum absolute atomic E-state index is 0.0353. The van der Waals surface area contributed by atoms with Crippen molar-refractivity contribution in [3.63, 3.8) is 0 Å². The first-order valence-corrected chi connectivity index (χ1v) is 19.4. The van der Waals surface area contributed by atoms with Gasteiger partial charge in [-0.05, 0) is 113 Å². The third kappa shape index (κ3) is 15.2. The van der Waals surface area contributed by atoms with Crippen molar-refractivity contribution >= 4 is 48.0 Å². The summed E-state index contributed by atoms with van der Waals surface area (Å²) in [6.07, 6.45) is 0.00311. The summed E-state index contributed by atoms with van der Waals surface area (Å²) in [5.74, 6) is 3.39. The predicted octanol–water partition coefficient (Wildman–Crippen LogP) is 9.16. The van der Waals surface area contributed by atoms with Gasteiger partial charge in [0.15, 0.2) is 11.5 Å². The topological polar surface area (TPSA) is 184 Å². The molecule has 67 heavy (non-hydrogen) atoms. The Balaban J connectivity index is 1.77. The number of rotatable bonds is 13. The van der Waals surface area contributed by atoms with Crippen molar-refractivity contribution in [3.05, 3.63) is 179 Å². The quantitative estimate of drug-likeness (QED) is 0.0235. The van der Waals surface area contributed by atoms with E-state index in [2.05, 4.69) is 56.6 Å². The monoisotopic (exact) mass is 906 g/mol. The van der Waals surface area contributed by atoms with Gasteiger partial charge in [0, 0.05) is 33.4 Å². The molecule has 0 aliphatic rings. The Morgan fingerprint density at radius 3 is 1.52 bits per heavy atom. The van der Waals surface area contributed by atoms with Crippen LogP contribution in [0.5, 0.6) is 28.7 Å². The largest absolute Gasteiger partial charge is 0.522 e. The molecule has 0 atom stereocenters. The Kier molecular flexibility index (Phi) is 17.2. The van der Waals surface area contributed by atoms with Crippen LogP contribution in [0.25, 0.3) is 6.08 Å². The van der Waals surface area contributed by atoms with Gasteiger partial charge in [-0.25, -0.2) is 33.6 Å². The van der Waals surface area contributed by atoms with Crippen LogP contribution in [-0.4, -0.2) is 42.0 Å². The second-order valence-corrected chi connectivity index (χ2v) is 14.1. The lowest BCUT2D eigenvalue weighted by Crippen LogP contribution is -2.17. The molecule has 0 N–H and O–H groups in total. The lowest BCUT2D eigenvalue weighted by atomic mass is 10.1. The number of carbonyl (C=O) groups is 7. The molecule has 0 spiro atoms. The predicted molar refractivity (Wildman–Crippen MR) is 241 cm³/mol. The van der Waals surface area contributed by atoms with Gasteiger partial charge in [0.05, 0.1) is 11.1 Å². The van der Waals surface area contributed by atoms with Crippen molar-refractivity contribution in [2.45, 2.75) is 34.6 Å². The molecule has 0 saturated carbocycles. The van der Waals surface area contributed by atoms with Crippen molar-refractivity contribution in [1.29, 1.82) is 0 Å². The van der Waals surface area contributed by atoms with Gasteiger partial charge in [-0.2, -0.15) is 4.39 Å². The Labute approximate surface area is 384 Å². The van der Waals surface area contributed by atoms with Gasteiger partial charge in [0.25, 0.3) is 0 Å². The number of halogens is 1. The summed E-state index contributed by atoms with van der Waals surface area (Å²) in [4.78, 5) is 87.3. The highest BCUT2D eigenvalue weighted by atomic mass is 19.1. The zero-order valence-electron chi connectivity index (χ0n) is 36.7. The van der Waals surface area contributed by atoms with Gasteiger partial charge in [0.2, 0.25) is 5.83 Å². The molecule has 0 radical (unpaired) electrons. The molecule has 0 fully saturated rings. The zero-order chi connectivity index (χ0) is 49.5. The SMILES string of the molecule is C=C(C)C(=O)OC(=O)Oc1cc(C#Cc2ccc(C(=O)OC(C)=Cc3ccc(OC(=O)C(=C)C)cc3)cc2OC(=O)C(=C)F)cc(OC(=O)C(=C)C)c1C#Cc1ccc(OC(=O)C(=C)C)cc1. The molecule has 0 unspecified atom stereocenters. The highest BCUT2D eigenvalue weighted by molar-refractivity contribution is 5.95. The maximum atomic E-state index is 13.9. The summed E-state index contributed by atoms with van der Waals surface area (Å²) >= 11 is 0. The maximum Gasteiger partial charge on any atom is 0.522 e. The zero-order valence-corrected chi connectivity index (χ0v) is 36.7. The summed E-state index contributed by atoms with van der Waals surface area (Å²) in [6, 6.07) is 18.3. The van der Waals surface area contributed by atoms with E-state index in [9.17, 15) is 38.0 Å². The van der Waals surface area contributed by atoms with Crippen molar-refractivity contribution in [2.24, 2.45) is 0 Å². The summed E-state index contributed by atoms with van der Waals surface area (Å²) in [6.45, 7) is 24.2. The molecule has 15 heteroatoms. The molecule has 4 aromatic carbocycles. The third-order valence-corrected chi connectivity index (χ3v) is 8.13. The Bertz CT molecular complexity index is 2950. The standard InChI is InChI=1S/C52H39FO14/c1-29(2)46(54)62-40-20-12-35(13-21-40)16-24-42-44(65-48(56)31(5)6)26-37(27-45(42)66-52(60)67-49(57)32(7)8)11-17-38-18-19-39(28-43(38)64-50(58)34(10)53)51(59)61-33(9)25-36-14-22-41(23-15-36)63-47(55)30(3)4/h12-15,18-23,25-28H,1,3,5,7,10H2,2,4,6,8-9H3. The average Bonchev–Trinajstić information content (AvgIpc) is 3.26. The van der Waals surface area contributed by atoms with Crippen molar-refractivity contribution in [3.8, 4) is 52.4 Å². The molecule has 0 heterocycles. The average molecular weight is 907 g/mol. The maximum absolute atomic E-state index is 13.9. The Morgan fingerprint density at radius 1 is 0.493 bits per heavy atom. The van der Waals surface area contributed by atoms with Gasteiger partial charge in [-0.3, -0.25) is 0 Å². The first-order chi connectivity index (χ1) is 31.6.